The van der Waals surface area contributed by atoms with E-state index in [1.165, 1.54) is 12.1 Å². The third kappa shape index (κ3) is 6.15. The number of fused-ring (bicyclic) bond motifs is 3. The summed E-state index contributed by atoms with van der Waals surface area (Å²) in [5.41, 5.74) is 4.39. The first-order chi connectivity index (χ1) is 18.3. The fraction of sp³-hybridized carbons (Fsp3) is 0.179. The van der Waals surface area contributed by atoms with Gasteiger partial charge < -0.3 is 5.32 Å². The molecule has 1 aliphatic rings. The molecule has 4 aromatic rings. The van der Waals surface area contributed by atoms with Crippen LogP contribution in [-0.2, 0) is 19.5 Å². The van der Waals surface area contributed by atoms with Gasteiger partial charge in [0.05, 0.1) is 17.1 Å². The molecule has 0 spiro atoms. The number of hydrogen-bond donors (Lipinski definition) is 1. The molecule has 0 radical (unpaired) electrons. The molecule has 3 heterocycles. The Morgan fingerprint density at radius 1 is 1.21 bits per heavy atom. The summed E-state index contributed by atoms with van der Waals surface area (Å²) in [6.07, 6.45) is 5.80. The number of amides is 1. The van der Waals surface area contributed by atoms with E-state index in [0.29, 0.717) is 53.8 Å². The van der Waals surface area contributed by atoms with Gasteiger partial charge in [-0.05, 0) is 69.0 Å². The van der Waals surface area contributed by atoms with Crippen LogP contribution in [0.4, 0.5) is 13.6 Å². The van der Waals surface area contributed by atoms with Crippen molar-refractivity contribution in [1.82, 2.24) is 19.8 Å². The van der Waals surface area contributed by atoms with E-state index in [9.17, 15) is 18.8 Å². The van der Waals surface area contributed by atoms with Crippen molar-refractivity contribution in [2.24, 2.45) is 0 Å². The molecule has 0 aliphatic carbocycles. The fourth-order valence-electron chi connectivity index (χ4n) is 4.69. The molecule has 2 aromatic carbocycles. The molecular formula is C28H22BrCl2F2N5O. The van der Waals surface area contributed by atoms with E-state index >= 15 is 0 Å². The zero-order valence-corrected chi connectivity index (χ0v) is 23.6. The molecule has 0 fully saturated rings. The average molecular weight is 633 g/mol. The molecule has 1 amide bonds. The Labute approximate surface area is 243 Å². The normalized spacial score (nSPS) is 13.2. The van der Waals surface area contributed by atoms with Crippen molar-refractivity contribution < 1.29 is 13.6 Å². The van der Waals surface area contributed by atoms with Crippen molar-refractivity contribution in [1.29, 1.82) is 5.26 Å². The van der Waals surface area contributed by atoms with Crippen molar-refractivity contribution in [3.8, 4) is 6.07 Å². The van der Waals surface area contributed by atoms with Gasteiger partial charge in [-0.15, -0.1) is 12.4 Å². The van der Waals surface area contributed by atoms with Crippen LogP contribution in [0.3, 0.4) is 0 Å². The quantitative estimate of drug-likeness (QED) is 0.193. The Bertz CT molecular complexity index is 1610. The fourth-order valence-corrected chi connectivity index (χ4v) is 5.21. The largest absolute Gasteiger partial charge is 0.333 e. The lowest BCUT2D eigenvalue weighted by molar-refractivity contribution is 0.240. The molecule has 1 N–H and O–H groups in total. The van der Waals surface area contributed by atoms with Crippen LogP contribution in [0.1, 0.15) is 27.9 Å². The molecule has 39 heavy (non-hydrogen) atoms. The predicted molar refractivity (Wildman–Crippen MR) is 153 cm³/mol. The van der Waals surface area contributed by atoms with Crippen LogP contribution >= 0.6 is 39.9 Å². The van der Waals surface area contributed by atoms with Gasteiger partial charge in [0, 0.05) is 49.9 Å². The highest BCUT2D eigenvalue weighted by atomic mass is 79.9. The zero-order valence-electron chi connectivity index (χ0n) is 20.4. The van der Waals surface area contributed by atoms with Crippen LogP contribution in [-0.4, -0.2) is 33.6 Å². The van der Waals surface area contributed by atoms with Gasteiger partial charge in [0.25, 0.3) is 0 Å². The highest BCUT2D eigenvalue weighted by Crippen LogP contribution is 2.32. The smallest absolute Gasteiger partial charge is 0.326 e. The number of pyridine rings is 1. The minimum absolute atomic E-state index is 0. The molecule has 11 heteroatoms. The number of aromatic nitrogens is 2. The van der Waals surface area contributed by atoms with Crippen LogP contribution in [0, 0.1) is 23.0 Å². The summed E-state index contributed by atoms with van der Waals surface area (Å²) < 4.78 is 29.9. The highest BCUT2D eigenvalue weighted by Gasteiger charge is 2.26. The number of nitriles is 1. The number of halogens is 5. The predicted octanol–water partition coefficient (Wildman–Crippen LogP) is 6.85. The van der Waals surface area contributed by atoms with Crippen LogP contribution in [0.25, 0.3) is 17.0 Å². The van der Waals surface area contributed by atoms with Gasteiger partial charge in [0.15, 0.2) is 0 Å². The van der Waals surface area contributed by atoms with Crippen LogP contribution in [0.5, 0.6) is 0 Å². The summed E-state index contributed by atoms with van der Waals surface area (Å²) in [6, 6.07) is 13.3. The minimum atomic E-state index is -0.798. The average Bonchev–Trinajstić information content (AvgIpc) is 3.23. The number of nitrogens with zero attached hydrogens (tertiary/aromatic N) is 4. The first-order valence-electron chi connectivity index (χ1n) is 11.8. The number of hydrogen-bond acceptors (Lipinski definition) is 4. The van der Waals surface area contributed by atoms with Gasteiger partial charge in [0.1, 0.15) is 21.3 Å². The Morgan fingerprint density at radius 2 is 1.97 bits per heavy atom. The standard InChI is InChI=1S/C28H21BrClF2N5O.ClH/c29-26-13-19(5-7-34-26)15-35-28(38)37-24-6-9-36(8-1-2-17-10-22(31)27(30)23(32)11-17)16-21(24)20-4-3-18(14-33)12-25(20)37;/h1-5,7,10-13H,6,8-9,15-16H2,(H,35,38);1H/b2-1+;. The van der Waals surface area contributed by atoms with Gasteiger partial charge in [-0.1, -0.05) is 29.8 Å². The molecule has 200 valence electrons. The molecule has 6 nitrogen and oxygen atoms in total. The second-order valence-electron chi connectivity index (χ2n) is 8.94. The molecule has 1 aliphatic heterocycles. The van der Waals surface area contributed by atoms with Gasteiger partial charge in [0.2, 0.25) is 0 Å². The van der Waals surface area contributed by atoms with E-state index in [1.807, 2.05) is 24.3 Å². The monoisotopic (exact) mass is 631 g/mol. The summed E-state index contributed by atoms with van der Waals surface area (Å²) in [7, 11) is 0. The molecule has 0 saturated carbocycles. The van der Waals surface area contributed by atoms with Crippen molar-refractivity contribution in [3.05, 3.63) is 104 Å². The molecule has 0 saturated heterocycles. The number of carbonyl (C=O) groups is 1. The minimum Gasteiger partial charge on any atom is -0.333 e. The molecule has 2 aromatic heterocycles. The lowest BCUT2D eigenvalue weighted by atomic mass is 10.0. The van der Waals surface area contributed by atoms with E-state index in [0.717, 1.165) is 22.2 Å². The van der Waals surface area contributed by atoms with Crippen molar-refractivity contribution in [2.45, 2.75) is 19.5 Å². The third-order valence-electron chi connectivity index (χ3n) is 6.48. The van der Waals surface area contributed by atoms with E-state index in [2.05, 4.69) is 37.2 Å². The summed E-state index contributed by atoms with van der Waals surface area (Å²) >= 11 is 8.91. The summed E-state index contributed by atoms with van der Waals surface area (Å²) in [5, 5.41) is 12.8. The first kappa shape index (κ1) is 28.7. The van der Waals surface area contributed by atoms with Crippen molar-refractivity contribution >= 4 is 62.9 Å². The van der Waals surface area contributed by atoms with E-state index < -0.39 is 16.7 Å². The van der Waals surface area contributed by atoms with E-state index in [1.54, 1.807) is 29.0 Å². The highest BCUT2D eigenvalue weighted by molar-refractivity contribution is 9.10. The number of rotatable bonds is 5. The molecule has 5 rings (SSSR count). The van der Waals surface area contributed by atoms with Crippen LogP contribution < -0.4 is 5.32 Å². The summed E-state index contributed by atoms with van der Waals surface area (Å²) in [4.78, 5) is 19.7. The second kappa shape index (κ2) is 12.3. The lowest BCUT2D eigenvalue weighted by Gasteiger charge is -2.27. The molecule has 0 atom stereocenters. The Kier molecular flexibility index (Phi) is 9.03. The van der Waals surface area contributed by atoms with Gasteiger partial charge in [-0.2, -0.15) is 5.26 Å². The Balaban J connectivity index is 0.00000353. The lowest BCUT2D eigenvalue weighted by Crippen LogP contribution is -2.34. The van der Waals surface area contributed by atoms with Crippen LogP contribution in [0.2, 0.25) is 5.02 Å². The summed E-state index contributed by atoms with van der Waals surface area (Å²) in [6.45, 7) is 2.15. The maximum atomic E-state index is 13.8. The van der Waals surface area contributed by atoms with Crippen molar-refractivity contribution in [3.63, 3.8) is 0 Å². The Hall–Kier alpha value is -3.29. The molecule has 0 bridgehead atoms. The van der Waals surface area contributed by atoms with Crippen molar-refractivity contribution in [2.75, 3.05) is 13.1 Å². The molecule has 0 unspecified atom stereocenters. The third-order valence-corrected chi connectivity index (χ3v) is 7.27. The van der Waals surface area contributed by atoms with Crippen LogP contribution in [0.15, 0.2) is 59.3 Å². The second-order valence-corrected chi connectivity index (χ2v) is 10.1. The van der Waals surface area contributed by atoms with E-state index in [-0.39, 0.29) is 18.4 Å². The maximum absolute atomic E-state index is 13.8. The van der Waals surface area contributed by atoms with Gasteiger partial charge in [-0.3, -0.25) is 9.47 Å². The maximum Gasteiger partial charge on any atom is 0.326 e. The number of carbonyl (C=O) groups excluding carboxylic acids is 1. The van der Waals surface area contributed by atoms with E-state index in [4.69, 9.17) is 11.6 Å². The van der Waals surface area contributed by atoms with Gasteiger partial charge in [-0.25, -0.2) is 18.6 Å². The number of benzene rings is 2. The Morgan fingerprint density at radius 3 is 2.69 bits per heavy atom. The molecular weight excluding hydrogens is 611 g/mol. The topological polar surface area (TPSA) is 74.0 Å². The van der Waals surface area contributed by atoms with Gasteiger partial charge >= 0.3 is 6.03 Å². The zero-order chi connectivity index (χ0) is 26.8. The SMILES string of the molecule is Cl.N#Cc1ccc2c3c(n(C(=O)NCc4ccnc(Br)c4)c2c1)CCN(C/C=C/c1cc(F)c(Cl)c(F)c1)C3. The summed E-state index contributed by atoms with van der Waals surface area (Å²) in [5.74, 6) is -1.60. The first-order valence-corrected chi connectivity index (χ1v) is 13.0. The number of nitrogens with one attached hydrogen (secondary N) is 1.